The Bertz CT molecular complexity index is 1730. The van der Waals surface area contributed by atoms with Crippen molar-refractivity contribution in [3.05, 3.63) is 112 Å². The Labute approximate surface area is 230 Å². The van der Waals surface area contributed by atoms with Gasteiger partial charge in [0.25, 0.3) is 5.56 Å². The summed E-state index contributed by atoms with van der Waals surface area (Å²) in [6.45, 7) is 3.67. The molecule has 0 spiro atoms. The van der Waals surface area contributed by atoms with Crippen LogP contribution in [0.15, 0.2) is 80.1 Å². The minimum Gasteiger partial charge on any atom is -0.463 e. The van der Waals surface area contributed by atoms with Crippen molar-refractivity contribution >= 4 is 58.2 Å². The molecule has 0 aliphatic carbocycles. The van der Waals surface area contributed by atoms with Crippen molar-refractivity contribution in [2.75, 3.05) is 6.61 Å². The van der Waals surface area contributed by atoms with Gasteiger partial charge in [0.2, 0.25) is 0 Å². The number of esters is 1. The zero-order chi connectivity index (χ0) is 26.3. The topological polar surface area (TPSA) is 73.8 Å². The highest BCUT2D eigenvalue weighted by molar-refractivity contribution is 7.07. The number of nitrogens with zero attached hydrogens (tertiary/aromatic N) is 2. The smallest absolute Gasteiger partial charge is 0.338 e. The van der Waals surface area contributed by atoms with Crippen molar-refractivity contribution in [1.29, 1.82) is 0 Å². The van der Waals surface area contributed by atoms with Crippen LogP contribution in [0.5, 0.6) is 0 Å². The number of ether oxygens (including phenoxy) is 1. The van der Waals surface area contributed by atoms with Gasteiger partial charge in [-0.2, -0.15) is 0 Å². The van der Waals surface area contributed by atoms with Crippen LogP contribution in [0, 0.1) is 0 Å². The van der Waals surface area contributed by atoms with Crippen LogP contribution < -0.4 is 14.9 Å². The van der Waals surface area contributed by atoms with Crippen molar-refractivity contribution < 1.29 is 13.9 Å². The fourth-order valence-corrected chi connectivity index (χ4v) is 5.68. The van der Waals surface area contributed by atoms with Gasteiger partial charge in [0.1, 0.15) is 11.5 Å². The number of fused-ring (bicyclic) bond motifs is 1. The number of carbonyl (C=O) groups is 1. The Morgan fingerprint density at radius 3 is 2.57 bits per heavy atom. The molecule has 37 heavy (non-hydrogen) atoms. The van der Waals surface area contributed by atoms with E-state index in [1.54, 1.807) is 74.5 Å². The molecule has 2 aromatic carbocycles. The molecule has 1 aliphatic heterocycles. The molecule has 0 N–H and O–H groups in total. The van der Waals surface area contributed by atoms with Gasteiger partial charge in [-0.05, 0) is 61.9 Å². The first-order chi connectivity index (χ1) is 17.8. The van der Waals surface area contributed by atoms with E-state index in [4.69, 9.17) is 44.0 Å². The van der Waals surface area contributed by atoms with E-state index < -0.39 is 12.0 Å². The first-order valence-electron chi connectivity index (χ1n) is 11.3. The van der Waals surface area contributed by atoms with E-state index in [0.717, 1.165) is 0 Å². The van der Waals surface area contributed by atoms with E-state index >= 15 is 0 Å². The molecule has 1 aliphatic rings. The molecule has 0 fully saturated rings. The Morgan fingerprint density at radius 2 is 1.84 bits per heavy atom. The number of thiazole rings is 1. The Kier molecular flexibility index (Phi) is 7.14. The lowest BCUT2D eigenvalue weighted by molar-refractivity contribution is -0.139. The maximum absolute atomic E-state index is 13.7. The Morgan fingerprint density at radius 1 is 1.11 bits per heavy atom. The van der Waals surface area contributed by atoms with Gasteiger partial charge in [-0.25, -0.2) is 9.79 Å². The van der Waals surface area contributed by atoms with E-state index in [2.05, 4.69) is 4.99 Å². The van der Waals surface area contributed by atoms with Crippen molar-refractivity contribution in [2.24, 2.45) is 4.99 Å². The standard InChI is InChI=1S/C27H19Cl3N2O4S/c1-3-35-26(34)23-14(2)31-27-32(24(23)15-4-6-16(28)7-5-15)25(33)22(37-27)13-18-9-11-21(36-18)19-12-17(29)8-10-20(19)30/h4-13,24H,3H2,1-2H3/t24-/m1/s1. The van der Waals surface area contributed by atoms with Crippen molar-refractivity contribution in [2.45, 2.75) is 19.9 Å². The van der Waals surface area contributed by atoms with Crippen LogP contribution in [0.1, 0.15) is 31.2 Å². The molecule has 188 valence electrons. The van der Waals surface area contributed by atoms with Gasteiger partial charge in [0.05, 0.1) is 33.5 Å². The molecule has 0 unspecified atom stereocenters. The zero-order valence-corrected chi connectivity index (χ0v) is 22.7. The van der Waals surface area contributed by atoms with Gasteiger partial charge in [-0.1, -0.05) is 58.3 Å². The zero-order valence-electron chi connectivity index (χ0n) is 19.6. The lowest BCUT2D eigenvalue weighted by Gasteiger charge is -2.24. The SMILES string of the molecule is CCOC(=O)C1=C(C)N=c2sc(=Cc3ccc(-c4cc(Cl)ccc4Cl)o3)c(=O)n2[C@@H]1c1ccc(Cl)cc1. The number of hydrogen-bond acceptors (Lipinski definition) is 6. The van der Waals surface area contributed by atoms with Crippen LogP contribution >= 0.6 is 46.1 Å². The maximum Gasteiger partial charge on any atom is 0.338 e. The summed E-state index contributed by atoms with van der Waals surface area (Å²) < 4.78 is 13.2. The summed E-state index contributed by atoms with van der Waals surface area (Å²) >= 11 is 19.7. The molecule has 4 aromatic rings. The second-order valence-electron chi connectivity index (χ2n) is 8.18. The minimum absolute atomic E-state index is 0.199. The van der Waals surface area contributed by atoms with Crippen LogP contribution in [-0.4, -0.2) is 17.1 Å². The number of furan rings is 1. The quantitative estimate of drug-likeness (QED) is 0.274. The summed E-state index contributed by atoms with van der Waals surface area (Å²) in [6, 6.07) is 14.9. The van der Waals surface area contributed by atoms with Gasteiger partial charge in [0, 0.05) is 21.7 Å². The molecular weight excluding hydrogens is 555 g/mol. The second-order valence-corrected chi connectivity index (χ2v) is 10.5. The number of hydrogen-bond donors (Lipinski definition) is 0. The third-order valence-corrected chi connectivity index (χ3v) is 7.60. The van der Waals surface area contributed by atoms with E-state index in [9.17, 15) is 9.59 Å². The van der Waals surface area contributed by atoms with Gasteiger partial charge < -0.3 is 9.15 Å². The van der Waals surface area contributed by atoms with Crippen LogP contribution in [0.3, 0.4) is 0 Å². The average Bonchev–Trinajstić information content (AvgIpc) is 3.45. The predicted octanol–water partition coefficient (Wildman–Crippen LogP) is 6.02. The molecular formula is C27H19Cl3N2O4S. The van der Waals surface area contributed by atoms with Gasteiger partial charge >= 0.3 is 5.97 Å². The van der Waals surface area contributed by atoms with E-state index in [0.29, 0.717) is 58.3 Å². The van der Waals surface area contributed by atoms with Gasteiger partial charge in [0.15, 0.2) is 4.80 Å². The number of rotatable bonds is 5. The van der Waals surface area contributed by atoms with E-state index in [1.807, 2.05) is 0 Å². The Hall–Kier alpha value is -3.10. The number of halogens is 3. The molecule has 1 atom stereocenters. The summed E-state index contributed by atoms with van der Waals surface area (Å²) in [5, 5.41) is 1.57. The first-order valence-corrected chi connectivity index (χ1v) is 13.2. The molecule has 0 radical (unpaired) electrons. The average molecular weight is 574 g/mol. The molecule has 2 aromatic heterocycles. The van der Waals surface area contributed by atoms with E-state index in [1.165, 1.54) is 15.9 Å². The normalized spacial score (nSPS) is 15.5. The summed E-state index contributed by atoms with van der Waals surface area (Å²) in [4.78, 5) is 31.7. The highest BCUT2D eigenvalue weighted by atomic mass is 35.5. The molecule has 6 nitrogen and oxygen atoms in total. The summed E-state index contributed by atoms with van der Waals surface area (Å²) in [5.74, 6) is 0.457. The second kappa shape index (κ2) is 10.3. The van der Waals surface area contributed by atoms with Crippen molar-refractivity contribution in [1.82, 2.24) is 4.57 Å². The number of aromatic nitrogens is 1. The molecule has 0 amide bonds. The van der Waals surface area contributed by atoms with Crippen molar-refractivity contribution in [3.63, 3.8) is 0 Å². The third kappa shape index (κ3) is 4.92. The van der Waals surface area contributed by atoms with Crippen LogP contribution in [0.2, 0.25) is 15.1 Å². The minimum atomic E-state index is -0.716. The van der Waals surface area contributed by atoms with Crippen LogP contribution in [0.25, 0.3) is 17.4 Å². The molecule has 10 heteroatoms. The molecule has 0 bridgehead atoms. The number of allylic oxidation sites excluding steroid dienone is 1. The highest BCUT2D eigenvalue weighted by Gasteiger charge is 2.33. The van der Waals surface area contributed by atoms with Gasteiger partial charge in [-0.3, -0.25) is 9.36 Å². The van der Waals surface area contributed by atoms with E-state index in [-0.39, 0.29) is 12.2 Å². The summed E-state index contributed by atoms with van der Waals surface area (Å²) in [7, 11) is 0. The monoisotopic (exact) mass is 572 g/mol. The van der Waals surface area contributed by atoms with Crippen LogP contribution in [0.4, 0.5) is 0 Å². The lowest BCUT2D eigenvalue weighted by atomic mass is 9.96. The third-order valence-electron chi connectivity index (χ3n) is 5.80. The highest BCUT2D eigenvalue weighted by Crippen LogP contribution is 2.33. The lowest BCUT2D eigenvalue weighted by Crippen LogP contribution is -2.39. The molecule has 0 saturated carbocycles. The van der Waals surface area contributed by atoms with Gasteiger partial charge in [-0.15, -0.1) is 0 Å². The fraction of sp³-hybridized carbons (Fsp3) is 0.148. The molecule has 3 heterocycles. The summed E-state index contributed by atoms with van der Waals surface area (Å²) in [6.07, 6.45) is 1.65. The largest absolute Gasteiger partial charge is 0.463 e. The number of carbonyl (C=O) groups excluding carboxylic acids is 1. The molecule has 5 rings (SSSR count). The maximum atomic E-state index is 13.7. The molecule has 0 saturated heterocycles. The van der Waals surface area contributed by atoms with Crippen LogP contribution in [-0.2, 0) is 9.53 Å². The van der Waals surface area contributed by atoms with Crippen molar-refractivity contribution in [3.8, 4) is 11.3 Å². The Balaban J connectivity index is 1.64. The fourth-order valence-electron chi connectivity index (χ4n) is 4.14. The number of benzene rings is 2. The first kappa shape index (κ1) is 25.5. The summed E-state index contributed by atoms with van der Waals surface area (Å²) in [5.41, 5.74) is 1.84. The predicted molar refractivity (Wildman–Crippen MR) is 146 cm³/mol.